The first-order valence-electron chi connectivity index (χ1n) is 13.2. The molecular formula is C27H36N8O3. The minimum atomic E-state index is -0.686. The number of aromatic amines is 1. The summed E-state index contributed by atoms with van der Waals surface area (Å²) in [6.07, 6.45) is 3.43. The fourth-order valence-corrected chi connectivity index (χ4v) is 4.67. The monoisotopic (exact) mass is 520 g/mol. The van der Waals surface area contributed by atoms with Gasteiger partial charge in [0.1, 0.15) is 23.4 Å². The number of carbonyl (C=O) groups excluding carboxylic acids is 3. The number of benzene rings is 1. The number of aryl methyl sites for hydroxylation is 1. The van der Waals surface area contributed by atoms with Gasteiger partial charge in [0.2, 0.25) is 11.8 Å². The molecule has 0 spiro atoms. The summed E-state index contributed by atoms with van der Waals surface area (Å²) in [6.45, 7) is 6.88. The van der Waals surface area contributed by atoms with E-state index in [1.807, 2.05) is 51.1 Å². The Bertz CT molecular complexity index is 1220. The fraction of sp³-hybridized carbons (Fsp3) is 0.481. The van der Waals surface area contributed by atoms with Crippen LogP contribution in [0.3, 0.4) is 0 Å². The molecule has 0 aliphatic carbocycles. The molecule has 0 bridgehead atoms. The third-order valence-corrected chi connectivity index (χ3v) is 6.96. The Morgan fingerprint density at radius 1 is 1.11 bits per heavy atom. The number of H-pyrrole nitrogens is 1. The molecule has 3 atom stereocenters. The van der Waals surface area contributed by atoms with Gasteiger partial charge in [-0.2, -0.15) is 10.2 Å². The Morgan fingerprint density at radius 3 is 2.61 bits per heavy atom. The molecule has 1 aliphatic rings. The largest absolute Gasteiger partial charge is 0.344 e. The second-order valence-corrected chi connectivity index (χ2v) is 9.79. The van der Waals surface area contributed by atoms with Crippen molar-refractivity contribution in [3.63, 3.8) is 0 Å². The highest BCUT2D eigenvalue weighted by Crippen LogP contribution is 2.20. The van der Waals surface area contributed by atoms with Gasteiger partial charge in [0, 0.05) is 25.7 Å². The normalized spacial score (nSPS) is 20.1. The van der Waals surface area contributed by atoms with E-state index in [9.17, 15) is 14.4 Å². The summed E-state index contributed by atoms with van der Waals surface area (Å²) in [5.41, 5.74) is 1.42. The van der Waals surface area contributed by atoms with Crippen molar-refractivity contribution in [2.75, 3.05) is 13.1 Å². The van der Waals surface area contributed by atoms with Crippen molar-refractivity contribution in [1.82, 2.24) is 40.5 Å². The lowest BCUT2D eigenvalue weighted by atomic mass is 9.97. The predicted molar refractivity (Wildman–Crippen MR) is 141 cm³/mol. The molecule has 202 valence electrons. The molecule has 3 aromatic rings. The Morgan fingerprint density at radius 2 is 1.89 bits per heavy atom. The molecule has 3 amide bonds. The number of hydrogen-bond donors (Lipinski definition) is 3. The lowest BCUT2D eigenvalue weighted by Gasteiger charge is -2.28. The summed E-state index contributed by atoms with van der Waals surface area (Å²) >= 11 is 0. The number of nitrogens with one attached hydrogen (secondary N) is 3. The molecule has 1 aromatic carbocycles. The third kappa shape index (κ3) is 6.64. The van der Waals surface area contributed by atoms with E-state index in [1.54, 1.807) is 15.6 Å². The molecule has 0 saturated carbocycles. The summed E-state index contributed by atoms with van der Waals surface area (Å²) in [5.74, 6) is 0.473. The van der Waals surface area contributed by atoms with Crippen molar-refractivity contribution < 1.29 is 14.4 Å². The number of fused-ring (bicyclic) bond motifs is 1. The molecule has 38 heavy (non-hydrogen) atoms. The molecule has 3 heterocycles. The molecule has 0 unspecified atom stereocenters. The number of aromatic nitrogens is 5. The molecule has 0 saturated heterocycles. The van der Waals surface area contributed by atoms with Crippen LogP contribution in [0, 0.1) is 12.8 Å². The van der Waals surface area contributed by atoms with Gasteiger partial charge in [-0.1, -0.05) is 50.6 Å². The van der Waals surface area contributed by atoms with Crippen molar-refractivity contribution >= 4 is 17.7 Å². The fourth-order valence-electron chi connectivity index (χ4n) is 4.67. The van der Waals surface area contributed by atoms with Crippen molar-refractivity contribution in [2.24, 2.45) is 5.92 Å². The first kappa shape index (κ1) is 27.0. The number of carbonyl (C=O) groups is 3. The van der Waals surface area contributed by atoms with Crippen LogP contribution in [0.15, 0.2) is 42.6 Å². The smallest absolute Gasteiger partial charge is 0.271 e. The summed E-state index contributed by atoms with van der Waals surface area (Å²) in [7, 11) is 0. The summed E-state index contributed by atoms with van der Waals surface area (Å²) < 4.78 is 1.78. The van der Waals surface area contributed by atoms with E-state index in [2.05, 4.69) is 30.9 Å². The highest BCUT2D eigenvalue weighted by Gasteiger charge is 2.31. The predicted octanol–water partition coefficient (Wildman–Crippen LogP) is 2.18. The van der Waals surface area contributed by atoms with Crippen LogP contribution >= 0.6 is 0 Å². The highest BCUT2D eigenvalue weighted by atomic mass is 16.2. The van der Waals surface area contributed by atoms with Gasteiger partial charge in [-0.25, -0.2) is 9.67 Å². The number of nitrogens with zero attached hydrogens (tertiary/aromatic N) is 5. The Balaban J connectivity index is 1.70. The standard InChI is InChI=1S/C27H36N8O3/c1-4-18(2)24-26(37)30-22(17-20-9-6-5-7-10-20)25-29-19(3)33-35(25)16-15-34(14-8-11-23(36)31-24)27(38)21-12-13-28-32-21/h5-7,9-10,12-13,18,22,24H,4,8,11,14-17H2,1-3H3,(H,28,32)(H,30,37)(H,31,36)/t18-,22-,24-/m0/s1. The zero-order valence-electron chi connectivity index (χ0n) is 22.2. The molecule has 11 heteroatoms. The molecule has 3 N–H and O–H groups in total. The SMILES string of the molecule is CC[C@H](C)[C@@H]1NC(=O)CCCN(C(=O)c2ccn[nH]2)CCn2nc(C)nc2[C@H](Cc2ccccc2)NC1=O. The molecular weight excluding hydrogens is 484 g/mol. The molecule has 11 nitrogen and oxygen atoms in total. The van der Waals surface area contributed by atoms with Crippen LogP contribution in [0.2, 0.25) is 0 Å². The quantitative estimate of drug-likeness (QED) is 0.471. The first-order chi connectivity index (χ1) is 18.4. The number of amides is 3. The van der Waals surface area contributed by atoms with Crippen LogP contribution in [0.25, 0.3) is 0 Å². The van der Waals surface area contributed by atoms with E-state index >= 15 is 0 Å². The lowest BCUT2D eigenvalue weighted by Crippen LogP contribution is -2.51. The van der Waals surface area contributed by atoms with Crippen molar-refractivity contribution in [1.29, 1.82) is 0 Å². The van der Waals surface area contributed by atoms with Crippen LogP contribution in [-0.4, -0.2) is 66.7 Å². The van der Waals surface area contributed by atoms with Gasteiger partial charge in [-0.05, 0) is 37.3 Å². The van der Waals surface area contributed by atoms with Gasteiger partial charge >= 0.3 is 0 Å². The van der Waals surface area contributed by atoms with E-state index < -0.39 is 12.1 Å². The lowest BCUT2D eigenvalue weighted by molar-refractivity contribution is -0.130. The van der Waals surface area contributed by atoms with Crippen LogP contribution in [0.4, 0.5) is 0 Å². The van der Waals surface area contributed by atoms with Gasteiger partial charge < -0.3 is 15.5 Å². The van der Waals surface area contributed by atoms with Gasteiger partial charge in [0.05, 0.1) is 12.6 Å². The van der Waals surface area contributed by atoms with Crippen molar-refractivity contribution in [3.8, 4) is 0 Å². The van der Waals surface area contributed by atoms with Crippen LogP contribution in [0.1, 0.15) is 66.9 Å². The van der Waals surface area contributed by atoms with E-state index in [0.717, 1.165) is 12.0 Å². The van der Waals surface area contributed by atoms with E-state index in [-0.39, 0.29) is 30.1 Å². The summed E-state index contributed by atoms with van der Waals surface area (Å²) in [5, 5.41) is 17.3. The Kier molecular flexibility index (Phi) is 8.88. The van der Waals surface area contributed by atoms with Gasteiger partial charge in [-0.3, -0.25) is 19.5 Å². The maximum Gasteiger partial charge on any atom is 0.271 e. The second kappa shape index (κ2) is 12.5. The van der Waals surface area contributed by atoms with Crippen molar-refractivity contribution in [3.05, 3.63) is 65.5 Å². The second-order valence-electron chi connectivity index (χ2n) is 9.79. The van der Waals surface area contributed by atoms with Gasteiger partial charge in [-0.15, -0.1) is 0 Å². The maximum absolute atomic E-state index is 13.6. The van der Waals surface area contributed by atoms with E-state index in [4.69, 9.17) is 0 Å². The van der Waals surface area contributed by atoms with Crippen LogP contribution in [-0.2, 0) is 22.6 Å². The molecule has 0 radical (unpaired) electrons. The summed E-state index contributed by atoms with van der Waals surface area (Å²) in [6, 6.07) is 10.3. The zero-order valence-corrected chi connectivity index (χ0v) is 22.2. The number of hydrogen-bond acceptors (Lipinski definition) is 6. The topological polar surface area (TPSA) is 138 Å². The minimum Gasteiger partial charge on any atom is -0.344 e. The third-order valence-electron chi connectivity index (χ3n) is 6.96. The van der Waals surface area contributed by atoms with E-state index in [1.165, 1.54) is 6.20 Å². The molecule has 4 rings (SSSR count). The molecule has 2 aromatic heterocycles. The molecule has 1 aliphatic heterocycles. The maximum atomic E-state index is 13.6. The zero-order chi connectivity index (χ0) is 27.1. The van der Waals surface area contributed by atoms with Crippen LogP contribution < -0.4 is 10.6 Å². The average Bonchev–Trinajstić information content (AvgIpc) is 3.58. The Hall–Kier alpha value is -4.02. The van der Waals surface area contributed by atoms with Crippen molar-refractivity contribution in [2.45, 2.75) is 65.1 Å². The van der Waals surface area contributed by atoms with Gasteiger partial charge in [0.15, 0.2) is 0 Å². The van der Waals surface area contributed by atoms with E-state index in [0.29, 0.717) is 49.8 Å². The Labute approximate surface area is 222 Å². The highest BCUT2D eigenvalue weighted by molar-refractivity contribution is 5.92. The molecule has 0 fully saturated rings. The first-order valence-corrected chi connectivity index (χ1v) is 13.2. The van der Waals surface area contributed by atoms with Crippen LogP contribution in [0.5, 0.6) is 0 Å². The summed E-state index contributed by atoms with van der Waals surface area (Å²) in [4.78, 5) is 46.0. The number of rotatable bonds is 5. The minimum absolute atomic E-state index is 0.0673. The van der Waals surface area contributed by atoms with Gasteiger partial charge in [0.25, 0.3) is 5.91 Å². The average molecular weight is 521 g/mol.